The van der Waals surface area contributed by atoms with Crippen LogP contribution in [0.25, 0.3) is 28.2 Å². The summed E-state index contributed by atoms with van der Waals surface area (Å²) < 4.78 is 1.53. The number of aromatic amines is 1. The number of benzene rings is 2. The second kappa shape index (κ2) is 5.13. The molecular formula is C16H12N6O. The van der Waals surface area contributed by atoms with Gasteiger partial charge in [-0.3, -0.25) is 4.79 Å². The van der Waals surface area contributed by atoms with E-state index >= 15 is 0 Å². The molecule has 0 bridgehead atoms. The number of fused-ring (bicyclic) bond motifs is 1. The highest BCUT2D eigenvalue weighted by Crippen LogP contribution is 2.18. The molecule has 0 spiro atoms. The van der Waals surface area contributed by atoms with Gasteiger partial charge in [0.1, 0.15) is 0 Å². The van der Waals surface area contributed by atoms with Gasteiger partial charge in [-0.25, -0.2) is 4.98 Å². The Morgan fingerprint density at radius 3 is 2.70 bits per heavy atom. The molecular weight excluding hydrogens is 292 g/mol. The Kier molecular flexibility index (Phi) is 2.97. The van der Waals surface area contributed by atoms with Gasteiger partial charge in [0, 0.05) is 0 Å². The van der Waals surface area contributed by atoms with Crippen LogP contribution >= 0.6 is 0 Å². The maximum Gasteiger partial charge on any atom is 0.278 e. The van der Waals surface area contributed by atoms with Crippen molar-refractivity contribution in [1.82, 2.24) is 30.2 Å². The summed E-state index contributed by atoms with van der Waals surface area (Å²) in [6.07, 6.45) is 0. The summed E-state index contributed by atoms with van der Waals surface area (Å²) in [6.45, 7) is 1.96. The van der Waals surface area contributed by atoms with Crippen molar-refractivity contribution in [2.24, 2.45) is 0 Å². The van der Waals surface area contributed by atoms with E-state index in [0.717, 1.165) is 11.3 Å². The van der Waals surface area contributed by atoms with Crippen LogP contribution in [0.1, 0.15) is 5.56 Å². The van der Waals surface area contributed by atoms with Crippen molar-refractivity contribution in [3.8, 4) is 17.2 Å². The van der Waals surface area contributed by atoms with Gasteiger partial charge in [0.2, 0.25) is 5.82 Å². The van der Waals surface area contributed by atoms with Gasteiger partial charge >= 0.3 is 0 Å². The summed E-state index contributed by atoms with van der Waals surface area (Å²) in [7, 11) is 0. The average Bonchev–Trinajstić information content (AvgIpc) is 3.03. The zero-order chi connectivity index (χ0) is 15.8. The van der Waals surface area contributed by atoms with Crippen LogP contribution in [0, 0.1) is 6.92 Å². The Labute approximate surface area is 130 Å². The van der Waals surface area contributed by atoms with E-state index in [9.17, 15) is 4.79 Å². The molecule has 0 aliphatic heterocycles. The Morgan fingerprint density at radius 2 is 1.83 bits per heavy atom. The number of nitrogens with zero attached hydrogens (tertiary/aromatic N) is 5. The number of aromatic nitrogens is 6. The number of tetrazole rings is 1. The molecule has 2 heterocycles. The van der Waals surface area contributed by atoms with E-state index < -0.39 is 0 Å². The lowest BCUT2D eigenvalue weighted by atomic mass is 10.2. The molecule has 7 heteroatoms. The number of hydrogen-bond acceptors (Lipinski definition) is 5. The molecule has 0 radical (unpaired) electrons. The number of aryl methyl sites for hydroxylation is 1. The lowest BCUT2D eigenvalue weighted by Gasteiger charge is -2.07. The topological polar surface area (TPSA) is 89.3 Å². The van der Waals surface area contributed by atoms with Gasteiger partial charge in [0.25, 0.3) is 5.56 Å². The van der Waals surface area contributed by atoms with Crippen molar-refractivity contribution < 1.29 is 0 Å². The maximum absolute atomic E-state index is 12.4. The van der Waals surface area contributed by atoms with Gasteiger partial charge < -0.3 is 4.98 Å². The van der Waals surface area contributed by atoms with E-state index in [4.69, 9.17) is 0 Å². The van der Waals surface area contributed by atoms with Crippen LogP contribution in [0.5, 0.6) is 0 Å². The Hall–Kier alpha value is -3.35. The predicted molar refractivity (Wildman–Crippen MR) is 85.2 cm³/mol. The zero-order valence-corrected chi connectivity index (χ0v) is 12.3. The number of para-hydroxylation sites is 3. The van der Waals surface area contributed by atoms with Crippen LogP contribution in [-0.4, -0.2) is 30.2 Å². The Morgan fingerprint density at radius 1 is 1.04 bits per heavy atom. The summed E-state index contributed by atoms with van der Waals surface area (Å²) in [5.41, 5.74) is 3.03. The lowest BCUT2D eigenvalue weighted by Crippen LogP contribution is -2.15. The van der Waals surface area contributed by atoms with Crippen molar-refractivity contribution in [2.45, 2.75) is 6.92 Å². The van der Waals surface area contributed by atoms with Gasteiger partial charge in [-0.2, -0.15) is 4.68 Å². The minimum Gasteiger partial charge on any atom is -0.319 e. The molecule has 0 aliphatic carbocycles. The molecule has 0 atom stereocenters. The minimum absolute atomic E-state index is 0.192. The summed E-state index contributed by atoms with van der Waals surface area (Å²) >= 11 is 0. The highest BCUT2D eigenvalue weighted by molar-refractivity contribution is 5.76. The van der Waals surface area contributed by atoms with Crippen molar-refractivity contribution in [1.29, 1.82) is 0 Å². The molecule has 0 unspecified atom stereocenters. The minimum atomic E-state index is -0.326. The molecule has 4 aromatic rings. The third-order valence-corrected chi connectivity index (χ3v) is 3.62. The van der Waals surface area contributed by atoms with Crippen LogP contribution < -0.4 is 5.56 Å². The number of H-pyrrole nitrogens is 1. The van der Waals surface area contributed by atoms with Crippen molar-refractivity contribution in [3.05, 3.63) is 64.4 Å². The summed E-state index contributed by atoms with van der Waals surface area (Å²) in [5.74, 6) is 0.311. The SMILES string of the molecule is Cc1ccccc1-n1nnnc1-c1nc2ccccc2[nH]c1=O. The Bertz CT molecular complexity index is 1070. The summed E-state index contributed by atoms with van der Waals surface area (Å²) in [4.78, 5) is 19.6. The standard InChI is InChI=1S/C16H12N6O/c1-10-6-2-5-9-13(10)22-15(19-20-21-22)14-16(23)18-12-8-4-3-7-11(12)17-14/h2-9H,1H3,(H,18,23). The molecule has 23 heavy (non-hydrogen) atoms. The van der Waals surface area contributed by atoms with E-state index in [-0.39, 0.29) is 11.3 Å². The average molecular weight is 304 g/mol. The summed E-state index contributed by atoms with van der Waals surface area (Å²) in [6, 6.07) is 15.0. The molecule has 0 fully saturated rings. The maximum atomic E-state index is 12.4. The first-order chi connectivity index (χ1) is 11.2. The molecule has 2 aromatic carbocycles. The lowest BCUT2D eigenvalue weighted by molar-refractivity contribution is 0.786. The van der Waals surface area contributed by atoms with Crippen LogP contribution in [0.3, 0.4) is 0 Å². The van der Waals surface area contributed by atoms with Crippen molar-refractivity contribution >= 4 is 11.0 Å². The fraction of sp³-hybridized carbons (Fsp3) is 0.0625. The monoisotopic (exact) mass is 304 g/mol. The normalized spacial score (nSPS) is 11.0. The van der Waals surface area contributed by atoms with E-state index in [0.29, 0.717) is 16.9 Å². The van der Waals surface area contributed by atoms with Crippen molar-refractivity contribution in [3.63, 3.8) is 0 Å². The molecule has 0 saturated heterocycles. The van der Waals surface area contributed by atoms with Gasteiger partial charge in [0.15, 0.2) is 5.69 Å². The summed E-state index contributed by atoms with van der Waals surface area (Å²) in [5, 5.41) is 11.7. The molecule has 1 N–H and O–H groups in total. The highest BCUT2D eigenvalue weighted by atomic mass is 16.1. The fourth-order valence-electron chi connectivity index (χ4n) is 2.48. The van der Waals surface area contributed by atoms with E-state index in [1.54, 1.807) is 6.07 Å². The van der Waals surface area contributed by atoms with E-state index in [1.165, 1.54) is 4.68 Å². The number of rotatable bonds is 2. The first-order valence-electron chi connectivity index (χ1n) is 7.08. The van der Waals surface area contributed by atoms with Crippen LogP contribution in [-0.2, 0) is 0 Å². The third kappa shape index (κ3) is 2.18. The van der Waals surface area contributed by atoms with Gasteiger partial charge in [0.05, 0.1) is 16.7 Å². The molecule has 0 amide bonds. The number of nitrogens with one attached hydrogen (secondary N) is 1. The molecule has 4 rings (SSSR count). The predicted octanol–water partition coefficient (Wildman–Crippen LogP) is 1.87. The third-order valence-electron chi connectivity index (χ3n) is 3.62. The van der Waals surface area contributed by atoms with Crippen LogP contribution in [0.15, 0.2) is 53.3 Å². The largest absolute Gasteiger partial charge is 0.319 e. The van der Waals surface area contributed by atoms with Crippen LogP contribution in [0.2, 0.25) is 0 Å². The van der Waals surface area contributed by atoms with Crippen LogP contribution in [0.4, 0.5) is 0 Å². The highest BCUT2D eigenvalue weighted by Gasteiger charge is 2.17. The van der Waals surface area contributed by atoms with Gasteiger partial charge in [-0.05, 0) is 41.1 Å². The van der Waals surface area contributed by atoms with Gasteiger partial charge in [-0.15, -0.1) is 5.10 Å². The van der Waals surface area contributed by atoms with Gasteiger partial charge in [-0.1, -0.05) is 30.3 Å². The fourth-order valence-corrected chi connectivity index (χ4v) is 2.48. The van der Waals surface area contributed by atoms with E-state index in [1.807, 2.05) is 49.4 Å². The molecule has 2 aromatic heterocycles. The number of hydrogen-bond donors (Lipinski definition) is 1. The molecule has 0 aliphatic rings. The second-order valence-corrected chi connectivity index (χ2v) is 5.13. The second-order valence-electron chi connectivity index (χ2n) is 5.13. The van der Waals surface area contributed by atoms with Crippen molar-refractivity contribution in [2.75, 3.05) is 0 Å². The zero-order valence-electron chi connectivity index (χ0n) is 12.3. The quantitative estimate of drug-likeness (QED) is 0.610. The Balaban J connectivity index is 1.97. The van der Waals surface area contributed by atoms with E-state index in [2.05, 4.69) is 25.5 Å². The first-order valence-corrected chi connectivity index (χ1v) is 7.08. The molecule has 0 saturated carbocycles. The molecule has 112 valence electrons. The smallest absolute Gasteiger partial charge is 0.278 e. The first kappa shape index (κ1) is 13.3. The molecule has 7 nitrogen and oxygen atoms in total.